The fourth-order valence-corrected chi connectivity index (χ4v) is 2.45. The lowest BCUT2D eigenvalue weighted by Gasteiger charge is -2.31. The van der Waals surface area contributed by atoms with Gasteiger partial charge in [0.2, 0.25) is 0 Å². The van der Waals surface area contributed by atoms with E-state index in [1.165, 1.54) is 7.11 Å². The molecule has 1 unspecified atom stereocenters. The van der Waals surface area contributed by atoms with Gasteiger partial charge in [-0.25, -0.2) is 4.79 Å². The molecule has 19 heavy (non-hydrogen) atoms. The first kappa shape index (κ1) is 14.3. The minimum Gasteiger partial charge on any atom is -0.467 e. The van der Waals surface area contributed by atoms with Crippen LogP contribution in [0.15, 0.2) is 22.7 Å². The number of morpholine rings is 1. The van der Waals surface area contributed by atoms with Gasteiger partial charge < -0.3 is 19.5 Å². The van der Waals surface area contributed by atoms with E-state index in [1.54, 1.807) is 6.07 Å². The first-order chi connectivity index (χ1) is 9.13. The van der Waals surface area contributed by atoms with Crippen molar-refractivity contribution < 1.29 is 19.4 Å². The van der Waals surface area contributed by atoms with Gasteiger partial charge in [0.05, 0.1) is 20.3 Å². The standard InChI is InChI=1S/C13H16BrNO4/c1-18-13(17)12(16)10-8-9(14)2-3-11(10)15-4-6-19-7-5-15/h2-3,8,12,16H,4-7H2,1H3. The van der Waals surface area contributed by atoms with Crippen LogP contribution in [0.3, 0.4) is 0 Å². The molecule has 6 heteroatoms. The van der Waals surface area contributed by atoms with Crippen LogP contribution in [-0.2, 0) is 14.3 Å². The van der Waals surface area contributed by atoms with Gasteiger partial charge in [-0.2, -0.15) is 0 Å². The molecule has 1 aromatic carbocycles. The van der Waals surface area contributed by atoms with E-state index in [9.17, 15) is 9.90 Å². The number of methoxy groups -OCH3 is 1. The average molecular weight is 330 g/mol. The third-order valence-electron chi connectivity index (χ3n) is 3.06. The zero-order chi connectivity index (χ0) is 13.8. The van der Waals surface area contributed by atoms with Crippen molar-refractivity contribution in [2.24, 2.45) is 0 Å². The molecule has 0 saturated carbocycles. The van der Waals surface area contributed by atoms with E-state index in [4.69, 9.17) is 4.74 Å². The number of hydrogen-bond donors (Lipinski definition) is 1. The lowest BCUT2D eigenvalue weighted by molar-refractivity contribution is -0.150. The Labute approximate surface area is 120 Å². The van der Waals surface area contributed by atoms with Crippen molar-refractivity contribution in [1.29, 1.82) is 0 Å². The van der Waals surface area contributed by atoms with Gasteiger partial charge in [-0.15, -0.1) is 0 Å². The van der Waals surface area contributed by atoms with E-state index in [1.807, 2.05) is 12.1 Å². The average Bonchev–Trinajstić information content (AvgIpc) is 2.46. The number of benzene rings is 1. The summed E-state index contributed by atoms with van der Waals surface area (Å²) in [4.78, 5) is 13.6. The Kier molecular flexibility index (Phi) is 4.79. The first-order valence-electron chi connectivity index (χ1n) is 6.01. The Morgan fingerprint density at radius 2 is 2.16 bits per heavy atom. The Balaban J connectivity index is 2.34. The highest BCUT2D eigenvalue weighted by Crippen LogP contribution is 2.30. The predicted molar refractivity (Wildman–Crippen MR) is 74.1 cm³/mol. The topological polar surface area (TPSA) is 59.0 Å². The van der Waals surface area contributed by atoms with Crippen LogP contribution < -0.4 is 4.90 Å². The van der Waals surface area contributed by atoms with E-state index < -0.39 is 12.1 Å². The van der Waals surface area contributed by atoms with Gasteiger partial charge in [-0.1, -0.05) is 15.9 Å². The molecule has 0 bridgehead atoms. The molecule has 2 rings (SSSR count). The number of halogens is 1. The zero-order valence-electron chi connectivity index (χ0n) is 10.6. The quantitative estimate of drug-likeness (QED) is 0.851. The molecule has 0 radical (unpaired) electrons. The second-order valence-corrected chi connectivity index (χ2v) is 5.14. The minimum atomic E-state index is -1.28. The van der Waals surface area contributed by atoms with Crippen LogP contribution >= 0.6 is 15.9 Å². The molecule has 1 aromatic rings. The molecule has 1 N–H and O–H groups in total. The van der Waals surface area contributed by atoms with Crippen LogP contribution in [0.25, 0.3) is 0 Å². The van der Waals surface area contributed by atoms with Gasteiger partial charge in [0.1, 0.15) is 0 Å². The van der Waals surface area contributed by atoms with Crippen molar-refractivity contribution in [3.8, 4) is 0 Å². The summed E-state index contributed by atoms with van der Waals surface area (Å²) >= 11 is 3.35. The summed E-state index contributed by atoms with van der Waals surface area (Å²) in [7, 11) is 1.26. The summed E-state index contributed by atoms with van der Waals surface area (Å²) in [5.74, 6) is -0.660. The molecular weight excluding hydrogens is 314 g/mol. The summed E-state index contributed by atoms with van der Waals surface area (Å²) in [5.41, 5.74) is 1.38. The molecule has 1 aliphatic rings. The maximum absolute atomic E-state index is 11.5. The Hall–Kier alpha value is -1.11. The lowest BCUT2D eigenvalue weighted by Crippen LogP contribution is -2.37. The smallest absolute Gasteiger partial charge is 0.339 e. The number of aliphatic hydroxyl groups is 1. The highest BCUT2D eigenvalue weighted by molar-refractivity contribution is 9.10. The van der Waals surface area contributed by atoms with Crippen LogP contribution in [0.2, 0.25) is 0 Å². The zero-order valence-corrected chi connectivity index (χ0v) is 12.2. The largest absolute Gasteiger partial charge is 0.467 e. The summed E-state index contributed by atoms with van der Waals surface area (Å²) in [6, 6.07) is 5.52. The van der Waals surface area contributed by atoms with Crippen molar-refractivity contribution >= 4 is 27.6 Å². The monoisotopic (exact) mass is 329 g/mol. The number of nitrogens with zero attached hydrogens (tertiary/aromatic N) is 1. The van der Waals surface area contributed by atoms with Crippen molar-refractivity contribution in [2.45, 2.75) is 6.10 Å². The van der Waals surface area contributed by atoms with Crippen molar-refractivity contribution in [3.63, 3.8) is 0 Å². The number of anilines is 1. The van der Waals surface area contributed by atoms with Gasteiger partial charge in [0.25, 0.3) is 0 Å². The SMILES string of the molecule is COC(=O)C(O)c1cc(Br)ccc1N1CCOCC1. The highest BCUT2D eigenvalue weighted by atomic mass is 79.9. The van der Waals surface area contributed by atoms with Gasteiger partial charge in [0.15, 0.2) is 6.10 Å². The van der Waals surface area contributed by atoms with Crippen molar-refractivity contribution in [3.05, 3.63) is 28.2 Å². The number of esters is 1. The van der Waals surface area contributed by atoms with E-state index in [0.717, 1.165) is 23.2 Å². The maximum atomic E-state index is 11.5. The third kappa shape index (κ3) is 3.26. The molecule has 1 atom stereocenters. The molecule has 0 amide bonds. The number of carbonyl (C=O) groups excluding carboxylic acids is 1. The molecular formula is C13H16BrNO4. The van der Waals surface area contributed by atoms with Crippen molar-refractivity contribution in [1.82, 2.24) is 0 Å². The van der Waals surface area contributed by atoms with E-state index in [2.05, 4.69) is 25.6 Å². The Morgan fingerprint density at radius 1 is 1.47 bits per heavy atom. The number of aliphatic hydroxyl groups excluding tert-OH is 1. The number of carbonyl (C=O) groups is 1. The van der Waals surface area contributed by atoms with Crippen molar-refractivity contribution in [2.75, 3.05) is 38.3 Å². The van der Waals surface area contributed by atoms with Crippen LogP contribution in [0.1, 0.15) is 11.7 Å². The lowest BCUT2D eigenvalue weighted by atomic mass is 10.1. The van der Waals surface area contributed by atoms with E-state index in [-0.39, 0.29) is 0 Å². The van der Waals surface area contributed by atoms with Crippen LogP contribution in [0.4, 0.5) is 5.69 Å². The highest BCUT2D eigenvalue weighted by Gasteiger charge is 2.24. The van der Waals surface area contributed by atoms with Crippen LogP contribution in [0.5, 0.6) is 0 Å². The van der Waals surface area contributed by atoms with Gasteiger partial charge in [-0.05, 0) is 18.2 Å². The molecule has 1 aliphatic heterocycles. The Bertz CT molecular complexity index is 460. The summed E-state index contributed by atoms with van der Waals surface area (Å²) in [6.45, 7) is 2.76. The molecule has 0 spiro atoms. The molecule has 1 saturated heterocycles. The molecule has 1 fully saturated rings. The van der Waals surface area contributed by atoms with Gasteiger partial charge in [0, 0.05) is 28.8 Å². The number of ether oxygens (including phenoxy) is 2. The molecule has 0 aliphatic carbocycles. The first-order valence-corrected chi connectivity index (χ1v) is 6.81. The molecule has 1 heterocycles. The van der Waals surface area contributed by atoms with Crippen LogP contribution in [0, 0.1) is 0 Å². The third-order valence-corrected chi connectivity index (χ3v) is 3.55. The van der Waals surface area contributed by atoms with Gasteiger partial charge >= 0.3 is 5.97 Å². The molecule has 5 nitrogen and oxygen atoms in total. The second-order valence-electron chi connectivity index (χ2n) is 4.23. The fourth-order valence-electron chi connectivity index (χ4n) is 2.08. The summed E-state index contributed by atoms with van der Waals surface area (Å²) in [6.07, 6.45) is -1.28. The van der Waals surface area contributed by atoms with E-state index in [0.29, 0.717) is 18.8 Å². The second kappa shape index (κ2) is 6.36. The van der Waals surface area contributed by atoms with Gasteiger partial charge in [-0.3, -0.25) is 0 Å². The molecule has 104 valence electrons. The van der Waals surface area contributed by atoms with E-state index >= 15 is 0 Å². The number of hydrogen-bond acceptors (Lipinski definition) is 5. The fraction of sp³-hybridized carbons (Fsp3) is 0.462. The molecule has 0 aromatic heterocycles. The summed E-state index contributed by atoms with van der Waals surface area (Å²) < 4.78 is 10.7. The van der Waals surface area contributed by atoms with Crippen LogP contribution in [-0.4, -0.2) is 44.5 Å². The maximum Gasteiger partial charge on any atom is 0.339 e. The normalized spacial score (nSPS) is 17.1. The number of rotatable bonds is 3. The predicted octanol–water partition coefficient (Wildman–Crippen LogP) is 1.49. The summed E-state index contributed by atoms with van der Waals surface area (Å²) in [5, 5.41) is 10.1. The Morgan fingerprint density at radius 3 is 2.79 bits per heavy atom. The minimum absolute atomic E-state index is 0.545.